The van der Waals surface area contributed by atoms with Crippen molar-refractivity contribution in [2.24, 2.45) is 0 Å². The molecular weight excluding hydrogens is 233 g/mol. The van der Waals surface area contributed by atoms with E-state index >= 15 is 0 Å². The van der Waals surface area contributed by atoms with Crippen molar-refractivity contribution in [2.45, 2.75) is 38.3 Å². The molecule has 1 N–H and O–H groups in total. The molecule has 2 unspecified atom stereocenters. The van der Waals surface area contributed by atoms with Gasteiger partial charge in [-0.05, 0) is 42.7 Å². The minimum Gasteiger partial charge on any atom is -0.306 e. The molecule has 2 atom stereocenters. The van der Waals surface area contributed by atoms with Crippen molar-refractivity contribution in [1.82, 2.24) is 5.32 Å². The topological polar surface area (TPSA) is 12.0 Å². The Balaban J connectivity index is 2.00. The van der Waals surface area contributed by atoms with Crippen LogP contribution < -0.4 is 5.32 Å². The van der Waals surface area contributed by atoms with Crippen molar-refractivity contribution < 1.29 is 4.39 Å². The summed E-state index contributed by atoms with van der Waals surface area (Å²) in [5, 5.41) is 3.66. The Bertz CT molecular complexity index is 350. The molecule has 1 aliphatic rings. The van der Waals surface area contributed by atoms with E-state index in [9.17, 15) is 4.39 Å². The van der Waals surface area contributed by atoms with Crippen LogP contribution in [0.4, 0.5) is 4.39 Å². The monoisotopic (exact) mass is 253 g/mol. The maximum atomic E-state index is 13.2. The summed E-state index contributed by atoms with van der Waals surface area (Å²) in [6.07, 6.45) is 3.55. The number of thioether (sulfide) groups is 1. The molecule has 1 aromatic rings. The van der Waals surface area contributed by atoms with Crippen LogP contribution in [0, 0.1) is 5.82 Å². The summed E-state index contributed by atoms with van der Waals surface area (Å²) < 4.78 is 13.2. The lowest BCUT2D eigenvalue weighted by Gasteiger charge is -2.28. The van der Waals surface area contributed by atoms with E-state index in [0.29, 0.717) is 6.04 Å². The quantitative estimate of drug-likeness (QED) is 0.877. The first kappa shape index (κ1) is 12.9. The van der Waals surface area contributed by atoms with Crippen LogP contribution in [0.25, 0.3) is 0 Å². The number of halogens is 1. The van der Waals surface area contributed by atoms with Crippen molar-refractivity contribution in [3.63, 3.8) is 0 Å². The molecule has 1 saturated heterocycles. The van der Waals surface area contributed by atoms with Gasteiger partial charge in [-0.15, -0.1) is 0 Å². The van der Waals surface area contributed by atoms with E-state index < -0.39 is 0 Å². The Morgan fingerprint density at radius 3 is 3.06 bits per heavy atom. The van der Waals surface area contributed by atoms with Gasteiger partial charge in [0.05, 0.1) is 0 Å². The normalized spacial score (nSPS) is 22.4. The second-order valence-corrected chi connectivity index (χ2v) is 5.75. The second kappa shape index (κ2) is 6.41. The molecule has 3 heteroatoms. The summed E-state index contributed by atoms with van der Waals surface area (Å²) in [4.78, 5) is 0. The Morgan fingerprint density at radius 2 is 2.41 bits per heavy atom. The predicted octanol–water partition coefficient (Wildman–Crippen LogP) is 3.76. The van der Waals surface area contributed by atoms with Crippen LogP contribution in [0.15, 0.2) is 24.3 Å². The van der Waals surface area contributed by atoms with E-state index in [1.807, 2.05) is 17.8 Å². The Morgan fingerprint density at radius 1 is 1.53 bits per heavy atom. The fourth-order valence-electron chi connectivity index (χ4n) is 2.33. The Hall–Kier alpha value is -0.540. The molecule has 1 aromatic carbocycles. The minimum absolute atomic E-state index is 0.138. The van der Waals surface area contributed by atoms with Crippen LogP contribution >= 0.6 is 11.8 Å². The summed E-state index contributed by atoms with van der Waals surface area (Å²) in [5.74, 6) is 2.33. The van der Waals surface area contributed by atoms with Gasteiger partial charge in [-0.25, -0.2) is 4.39 Å². The summed E-state index contributed by atoms with van der Waals surface area (Å²) in [6.45, 7) is 2.15. The van der Waals surface area contributed by atoms with Crippen LogP contribution in [0.2, 0.25) is 0 Å². The highest BCUT2D eigenvalue weighted by molar-refractivity contribution is 7.99. The molecule has 0 amide bonds. The van der Waals surface area contributed by atoms with Gasteiger partial charge < -0.3 is 5.32 Å². The zero-order chi connectivity index (χ0) is 12.1. The van der Waals surface area contributed by atoms with Gasteiger partial charge in [-0.2, -0.15) is 11.8 Å². The van der Waals surface area contributed by atoms with Gasteiger partial charge in [0.15, 0.2) is 0 Å². The van der Waals surface area contributed by atoms with Crippen molar-refractivity contribution in [3.05, 3.63) is 35.6 Å². The SMILES string of the molecule is CCC(NC1CCCSC1)c1cccc(F)c1. The van der Waals surface area contributed by atoms with E-state index in [1.165, 1.54) is 30.4 Å². The smallest absolute Gasteiger partial charge is 0.123 e. The number of rotatable bonds is 4. The molecule has 94 valence electrons. The first-order chi connectivity index (χ1) is 8.29. The van der Waals surface area contributed by atoms with Crippen molar-refractivity contribution in [3.8, 4) is 0 Å². The lowest BCUT2D eigenvalue weighted by molar-refractivity contribution is 0.423. The van der Waals surface area contributed by atoms with Crippen LogP contribution in [0.3, 0.4) is 0 Å². The summed E-state index contributed by atoms with van der Waals surface area (Å²) in [7, 11) is 0. The van der Waals surface area contributed by atoms with Gasteiger partial charge in [0, 0.05) is 17.8 Å². The molecule has 0 aliphatic carbocycles. The van der Waals surface area contributed by atoms with Crippen molar-refractivity contribution in [2.75, 3.05) is 11.5 Å². The van der Waals surface area contributed by atoms with E-state index in [2.05, 4.69) is 12.2 Å². The minimum atomic E-state index is -0.138. The van der Waals surface area contributed by atoms with Gasteiger partial charge >= 0.3 is 0 Å². The predicted molar refractivity (Wildman–Crippen MR) is 72.9 cm³/mol. The first-order valence-electron chi connectivity index (χ1n) is 6.39. The summed E-state index contributed by atoms with van der Waals surface area (Å²) in [6, 6.07) is 7.84. The lowest BCUT2D eigenvalue weighted by atomic mass is 10.0. The van der Waals surface area contributed by atoms with Crippen LogP contribution in [0.1, 0.15) is 37.8 Å². The Kier molecular flexibility index (Phi) is 4.86. The molecule has 1 aliphatic heterocycles. The van der Waals surface area contributed by atoms with Crippen LogP contribution in [0.5, 0.6) is 0 Å². The molecule has 2 rings (SSSR count). The van der Waals surface area contributed by atoms with E-state index in [0.717, 1.165) is 12.0 Å². The van der Waals surface area contributed by atoms with E-state index in [-0.39, 0.29) is 11.9 Å². The molecular formula is C14H20FNS. The fraction of sp³-hybridized carbons (Fsp3) is 0.571. The molecule has 0 bridgehead atoms. The maximum absolute atomic E-state index is 13.2. The number of hydrogen-bond donors (Lipinski definition) is 1. The highest BCUT2D eigenvalue weighted by Crippen LogP contribution is 2.23. The molecule has 1 fully saturated rings. The van der Waals surface area contributed by atoms with Gasteiger partial charge in [-0.3, -0.25) is 0 Å². The molecule has 1 heterocycles. The lowest BCUT2D eigenvalue weighted by Crippen LogP contribution is -2.36. The largest absolute Gasteiger partial charge is 0.306 e. The van der Waals surface area contributed by atoms with Crippen molar-refractivity contribution in [1.29, 1.82) is 0 Å². The number of benzene rings is 1. The zero-order valence-corrected chi connectivity index (χ0v) is 11.1. The number of hydrogen-bond acceptors (Lipinski definition) is 2. The standard InChI is InChI=1S/C14H20FNS/c1-2-14(11-5-3-6-12(15)9-11)16-13-7-4-8-17-10-13/h3,5-6,9,13-14,16H,2,4,7-8,10H2,1H3. The zero-order valence-electron chi connectivity index (χ0n) is 10.3. The average Bonchev–Trinajstić information content (AvgIpc) is 2.37. The first-order valence-corrected chi connectivity index (χ1v) is 7.54. The third-order valence-corrected chi connectivity index (χ3v) is 4.47. The molecule has 0 radical (unpaired) electrons. The fourth-order valence-corrected chi connectivity index (χ4v) is 3.41. The van der Waals surface area contributed by atoms with E-state index in [4.69, 9.17) is 0 Å². The molecule has 1 nitrogen and oxygen atoms in total. The van der Waals surface area contributed by atoms with Crippen LogP contribution in [-0.2, 0) is 0 Å². The molecule has 17 heavy (non-hydrogen) atoms. The van der Waals surface area contributed by atoms with Crippen molar-refractivity contribution >= 4 is 11.8 Å². The van der Waals surface area contributed by atoms with Gasteiger partial charge in [0.25, 0.3) is 0 Å². The average molecular weight is 253 g/mol. The number of nitrogens with one attached hydrogen (secondary N) is 1. The molecule has 0 aromatic heterocycles. The van der Waals surface area contributed by atoms with E-state index in [1.54, 1.807) is 12.1 Å². The third kappa shape index (κ3) is 3.71. The highest BCUT2D eigenvalue weighted by Gasteiger charge is 2.18. The summed E-state index contributed by atoms with van der Waals surface area (Å²) >= 11 is 2.02. The van der Waals surface area contributed by atoms with Gasteiger partial charge in [0.2, 0.25) is 0 Å². The highest BCUT2D eigenvalue weighted by atomic mass is 32.2. The van der Waals surface area contributed by atoms with Crippen LogP contribution in [-0.4, -0.2) is 17.5 Å². The third-order valence-electron chi connectivity index (χ3n) is 3.26. The van der Waals surface area contributed by atoms with Gasteiger partial charge in [-0.1, -0.05) is 19.1 Å². The van der Waals surface area contributed by atoms with Gasteiger partial charge in [0.1, 0.15) is 5.82 Å². The second-order valence-electron chi connectivity index (χ2n) is 4.60. The molecule has 0 spiro atoms. The summed E-state index contributed by atoms with van der Waals surface area (Å²) in [5.41, 5.74) is 1.07. The maximum Gasteiger partial charge on any atom is 0.123 e. The molecule has 0 saturated carbocycles. The Labute approximate surface area is 107 Å².